The molecule has 0 radical (unpaired) electrons. The maximum absolute atomic E-state index is 13.3. The van der Waals surface area contributed by atoms with E-state index in [1.54, 1.807) is 12.1 Å². The molecule has 1 aliphatic rings. The molecule has 0 aliphatic carbocycles. The van der Waals surface area contributed by atoms with Crippen LogP contribution in [0.15, 0.2) is 36.4 Å². The molecule has 24 heavy (non-hydrogen) atoms. The fourth-order valence-corrected chi connectivity index (χ4v) is 3.61. The van der Waals surface area contributed by atoms with Gasteiger partial charge in [0.2, 0.25) is 0 Å². The van der Waals surface area contributed by atoms with Crippen LogP contribution >= 0.6 is 0 Å². The fourth-order valence-electron chi connectivity index (χ4n) is 3.61. The normalized spacial score (nSPS) is 14.8. The third kappa shape index (κ3) is 3.28. The zero-order chi connectivity index (χ0) is 17.3. The Kier molecular flexibility index (Phi) is 4.56. The lowest BCUT2D eigenvalue weighted by molar-refractivity contribution is 0.0746. The molecule has 1 heterocycles. The van der Waals surface area contributed by atoms with Gasteiger partial charge in [0.25, 0.3) is 5.91 Å². The van der Waals surface area contributed by atoms with Gasteiger partial charge in [-0.3, -0.25) is 4.79 Å². The molecule has 1 amide bonds. The Hall–Kier alpha value is -2.36. The molecule has 1 aliphatic heterocycles. The van der Waals surface area contributed by atoms with E-state index in [0.29, 0.717) is 18.7 Å². The number of hydrogen-bond donors (Lipinski definition) is 0. The van der Waals surface area contributed by atoms with E-state index in [1.807, 2.05) is 4.90 Å². The summed E-state index contributed by atoms with van der Waals surface area (Å²) in [7, 11) is 0. The zero-order valence-corrected chi connectivity index (χ0v) is 14.5. The average Bonchev–Trinajstić information content (AvgIpc) is 2.54. The summed E-state index contributed by atoms with van der Waals surface area (Å²) in [4.78, 5) is 16.7. The molecule has 0 unspecified atom stereocenters. The van der Waals surface area contributed by atoms with Crippen LogP contribution in [0.2, 0.25) is 0 Å². The number of halogens is 1. The number of carbonyl (C=O) groups excluding carboxylic acids is 1. The van der Waals surface area contributed by atoms with Crippen molar-refractivity contribution in [2.75, 3.05) is 31.1 Å². The quantitative estimate of drug-likeness (QED) is 0.840. The molecule has 2 aromatic rings. The number of benzene rings is 2. The summed E-state index contributed by atoms with van der Waals surface area (Å²) in [5.74, 6) is -0.461. The number of rotatable bonds is 2. The lowest BCUT2D eigenvalue weighted by atomic mass is 10.0. The highest BCUT2D eigenvalue weighted by atomic mass is 19.1. The number of anilines is 1. The molecule has 0 aromatic heterocycles. The molecule has 4 heteroatoms. The summed E-state index contributed by atoms with van der Waals surface area (Å²) < 4.78 is 13.3. The molecule has 0 spiro atoms. The standard InChI is InChI=1S/C20H23FN2O/c1-14-11-15(2)19(16(3)12-14)22-7-9-23(10-8-22)20(24)17-5-4-6-18(21)13-17/h4-6,11-13H,7-10H2,1-3H3. The minimum absolute atomic E-state index is 0.0912. The number of piperazine rings is 1. The van der Waals surface area contributed by atoms with Crippen molar-refractivity contribution in [2.24, 2.45) is 0 Å². The van der Waals surface area contributed by atoms with Crippen LogP contribution in [0.3, 0.4) is 0 Å². The summed E-state index contributed by atoms with van der Waals surface area (Å²) in [6, 6.07) is 10.3. The van der Waals surface area contributed by atoms with Crippen LogP contribution in [0, 0.1) is 26.6 Å². The van der Waals surface area contributed by atoms with Crippen LogP contribution in [0.5, 0.6) is 0 Å². The molecular formula is C20H23FN2O. The second-order valence-corrected chi connectivity index (χ2v) is 6.54. The highest BCUT2D eigenvalue weighted by Gasteiger charge is 2.24. The monoisotopic (exact) mass is 326 g/mol. The molecule has 0 saturated carbocycles. The largest absolute Gasteiger partial charge is 0.368 e. The second-order valence-electron chi connectivity index (χ2n) is 6.54. The van der Waals surface area contributed by atoms with Gasteiger partial charge in [0.15, 0.2) is 0 Å². The average molecular weight is 326 g/mol. The Morgan fingerprint density at radius 1 is 0.958 bits per heavy atom. The third-order valence-electron chi connectivity index (χ3n) is 4.59. The summed E-state index contributed by atoms with van der Waals surface area (Å²) >= 11 is 0. The second kappa shape index (κ2) is 6.63. The predicted octanol–water partition coefficient (Wildman–Crippen LogP) is 3.71. The van der Waals surface area contributed by atoms with Crippen molar-refractivity contribution in [3.8, 4) is 0 Å². The molecule has 2 aromatic carbocycles. The minimum atomic E-state index is -0.370. The van der Waals surface area contributed by atoms with Crippen molar-refractivity contribution < 1.29 is 9.18 Å². The van der Waals surface area contributed by atoms with Crippen molar-refractivity contribution >= 4 is 11.6 Å². The molecule has 0 bridgehead atoms. The lowest BCUT2D eigenvalue weighted by Gasteiger charge is -2.37. The van der Waals surface area contributed by atoms with Gasteiger partial charge in [-0.25, -0.2) is 4.39 Å². The van der Waals surface area contributed by atoms with Crippen LogP contribution in [0.4, 0.5) is 10.1 Å². The topological polar surface area (TPSA) is 23.6 Å². The molecular weight excluding hydrogens is 303 g/mol. The number of carbonyl (C=O) groups is 1. The van der Waals surface area contributed by atoms with Crippen LogP contribution in [0.25, 0.3) is 0 Å². The first-order valence-electron chi connectivity index (χ1n) is 8.33. The fraction of sp³-hybridized carbons (Fsp3) is 0.350. The third-order valence-corrected chi connectivity index (χ3v) is 4.59. The Labute approximate surface area is 142 Å². The van der Waals surface area contributed by atoms with Gasteiger partial charge < -0.3 is 9.80 Å². The van der Waals surface area contributed by atoms with Gasteiger partial charge in [0, 0.05) is 37.4 Å². The van der Waals surface area contributed by atoms with Gasteiger partial charge in [-0.15, -0.1) is 0 Å². The van der Waals surface area contributed by atoms with Crippen LogP contribution in [0.1, 0.15) is 27.0 Å². The Bertz CT molecular complexity index is 741. The number of aryl methyl sites for hydroxylation is 3. The zero-order valence-electron chi connectivity index (χ0n) is 14.5. The van der Waals surface area contributed by atoms with Crippen molar-refractivity contribution in [3.05, 3.63) is 64.5 Å². The smallest absolute Gasteiger partial charge is 0.254 e. The molecule has 1 fully saturated rings. The predicted molar refractivity (Wildman–Crippen MR) is 95.2 cm³/mol. The van der Waals surface area contributed by atoms with E-state index in [2.05, 4.69) is 37.8 Å². The van der Waals surface area contributed by atoms with Crippen molar-refractivity contribution in [2.45, 2.75) is 20.8 Å². The van der Waals surface area contributed by atoms with E-state index in [4.69, 9.17) is 0 Å². The molecule has 0 N–H and O–H groups in total. The number of amides is 1. The molecule has 3 nitrogen and oxygen atoms in total. The Morgan fingerprint density at radius 2 is 1.58 bits per heavy atom. The van der Waals surface area contributed by atoms with Crippen molar-refractivity contribution in [3.63, 3.8) is 0 Å². The lowest BCUT2D eigenvalue weighted by Crippen LogP contribution is -2.49. The Balaban J connectivity index is 1.71. The first-order chi connectivity index (χ1) is 11.5. The first kappa shape index (κ1) is 16.5. The summed E-state index contributed by atoms with van der Waals surface area (Å²) in [5, 5.41) is 0. The highest BCUT2D eigenvalue weighted by Crippen LogP contribution is 2.27. The Morgan fingerprint density at radius 3 is 2.17 bits per heavy atom. The SMILES string of the molecule is Cc1cc(C)c(N2CCN(C(=O)c3cccc(F)c3)CC2)c(C)c1. The number of hydrogen-bond acceptors (Lipinski definition) is 2. The summed E-state index contributed by atoms with van der Waals surface area (Å²) in [6.45, 7) is 9.29. The van der Waals surface area contributed by atoms with Crippen LogP contribution in [-0.4, -0.2) is 37.0 Å². The van der Waals surface area contributed by atoms with Crippen LogP contribution in [-0.2, 0) is 0 Å². The summed E-state index contributed by atoms with van der Waals surface area (Å²) in [6.07, 6.45) is 0. The van der Waals surface area contributed by atoms with Crippen molar-refractivity contribution in [1.82, 2.24) is 4.90 Å². The van der Waals surface area contributed by atoms with E-state index in [-0.39, 0.29) is 11.7 Å². The maximum Gasteiger partial charge on any atom is 0.254 e. The van der Waals surface area contributed by atoms with E-state index in [0.717, 1.165) is 13.1 Å². The highest BCUT2D eigenvalue weighted by molar-refractivity contribution is 5.94. The molecule has 0 atom stereocenters. The maximum atomic E-state index is 13.3. The van der Waals surface area contributed by atoms with Crippen LogP contribution < -0.4 is 4.90 Å². The van der Waals surface area contributed by atoms with E-state index in [1.165, 1.54) is 34.5 Å². The van der Waals surface area contributed by atoms with Gasteiger partial charge >= 0.3 is 0 Å². The minimum Gasteiger partial charge on any atom is -0.368 e. The van der Waals surface area contributed by atoms with Gasteiger partial charge in [-0.2, -0.15) is 0 Å². The van der Waals surface area contributed by atoms with Gasteiger partial charge in [-0.1, -0.05) is 23.8 Å². The van der Waals surface area contributed by atoms with Gasteiger partial charge in [0.05, 0.1) is 0 Å². The van der Waals surface area contributed by atoms with Crippen molar-refractivity contribution in [1.29, 1.82) is 0 Å². The van der Waals surface area contributed by atoms with E-state index < -0.39 is 0 Å². The van der Waals surface area contributed by atoms with E-state index >= 15 is 0 Å². The van der Waals surface area contributed by atoms with Gasteiger partial charge in [-0.05, 0) is 50.1 Å². The summed E-state index contributed by atoms with van der Waals surface area (Å²) in [5.41, 5.74) is 5.52. The van der Waals surface area contributed by atoms with E-state index in [9.17, 15) is 9.18 Å². The molecule has 3 rings (SSSR count). The number of nitrogens with zero attached hydrogens (tertiary/aromatic N) is 2. The van der Waals surface area contributed by atoms with Gasteiger partial charge in [0.1, 0.15) is 5.82 Å². The molecule has 126 valence electrons. The molecule has 1 saturated heterocycles. The first-order valence-corrected chi connectivity index (χ1v) is 8.33.